The van der Waals surface area contributed by atoms with Gasteiger partial charge in [-0.25, -0.2) is 4.39 Å². The van der Waals surface area contributed by atoms with Crippen molar-refractivity contribution >= 4 is 18.3 Å². The van der Waals surface area contributed by atoms with Gasteiger partial charge in [0.05, 0.1) is 6.42 Å². The maximum Gasteiger partial charge on any atom is 0.226 e. The van der Waals surface area contributed by atoms with E-state index in [0.717, 1.165) is 31.5 Å². The van der Waals surface area contributed by atoms with Crippen LogP contribution in [0.1, 0.15) is 25.3 Å². The van der Waals surface area contributed by atoms with Crippen molar-refractivity contribution in [1.82, 2.24) is 4.90 Å². The van der Waals surface area contributed by atoms with E-state index in [1.165, 1.54) is 12.1 Å². The summed E-state index contributed by atoms with van der Waals surface area (Å²) in [4.78, 5) is 14.1. The first kappa shape index (κ1) is 16.9. The van der Waals surface area contributed by atoms with Crippen molar-refractivity contribution in [3.63, 3.8) is 0 Å². The number of amides is 1. The van der Waals surface area contributed by atoms with Gasteiger partial charge in [-0.3, -0.25) is 4.79 Å². The quantitative estimate of drug-likeness (QED) is 0.931. The van der Waals surface area contributed by atoms with Crippen LogP contribution in [0.4, 0.5) is 4.39 Å². The third-order valence-corrected chi connectivity index (χ3v) is 3.82. The van der Waals surface area contributed by atoms with Crippen LogP contribution in [0.25, 0.3) is 0 Å². The Morgan fingerprint density at radius 3 is 2.70 bits per heavy atom. The average molecular weight is 301 g/mol. The summed E-state index contributed by atoms with van der Waals surface area (Å²) in [5.41, 5.74) is 6.77. The van der Waals surface area contributed by atoms with Gasteiger partial charge in [-0.2, -0.15) is 0 Å². The highest BCUT2D eigenvalue weighted by Crippen LogP contribution is 2.19. The van der Waals surface area contributed by atoms with Crippen molar-refractivity contribution < 1.29 is 9.18 Å². The summed E-state index contributed by atoms with van der Waals surface area (Å²) >= 11 is 0. The normalized spacial score (nSPS) is 20.1. The number of benzene rings is 1. The first-order chi connectivity index (χ1) is 9.06. The molecule has 1 heterocycles. The Hall–Kier alpha value is -1.13. The molecule has 0 aromatic heterocycles. The SMILES string of the molecule is CC(N)C1CCCN(C(=O)Cc2ccc(F)cc2)C1.Cl. The molecule has 1 amide bonds. The number of hydrogen-bond acceptors (Lipinski definition) is 2. The summed E-state index contributed by atoms with van der Waals surface area (Å²) in [5, 5.41) is 0. The van der Waals surface area contributed by atoms with E-state index in [1.807, 2.05) is 11.8 Å². The molecule has 2 unspecified atom stereocenters. The van der Waals surface area contributed by atoms with Gasteiger partial charge in [-0.1, -0.05) is 12.1 Å². The van der Waals surface area contributed by atoms with Gasteiger partial charge in [0.15, 0.2) is 0 Å². The van der Waals surface area contributed by atoms with E-state index < -0.39 is 0 Å². The van der Waals surface area contributed by atoms with E-state index in [4.69, 9.17) is 5.73 Å². The molecular formula is C15H22ClFN2O. The zero-order chi connectivity index (χ0) is 13.8. The summed E-state index contributed by atoms with van der Waals surface area (Å²) < 4.78 is 12.8. The fourth-order valence-electron chi connectivity index (χ4n) is 2.55. The Labute approximate surface area is 125 Å². The number of carbonyl (C=O) groups excluding carboxylic acids is 1. The highest BCUT2D eigenvalue weighted by atomic mass is 35.5. The Kier molecular flexibility index (Phi) is 6.43. The molecule has 2 atom stereocenters. The second-order valence-electron chi connectivity index (χ2n) is 5.40. The molecule has 3 nitrogen and oxygen atoms in total. The zero-order valence-corrected chi connectivity index (χ0v) is 12.5. The molecule has 1 aliphatic heterocycles. The zero-order valence-electron chi connectivity index (χ0n) is 11.7. The van der Waals surface area contributed by atoms with Gasteiger partial charge in [0.2, 0.25) is 5.91 Å². The number of nitrogens with zero attached hydrogens (tertiary/aromatic N) is 1. The summed E-state index contributed by atoms with van der Waals surface area (Å²) in [6, 6.07) is 6.24. The predicted octanol–water partition coefficient (Wildman–Crippen LogP) is 2.38. The minimum atomic E-state index is -0.272. The van der Waals surface area contributed by atoms with Crippen LogP contribution in [0.3, 0.4) is 0 Å². The van der Waals surface area contributed by atoms with E-state index in [1.54, 1.807) is 12.1 Å². The second-order valence-corrected chi connectivity index (χ2v) is 5.40. The number of piperidine rings is 1. The molecular weight excluding hydrogens is 279 g/mol. The minimum Gasteiger partial charge on any atom is -0.342 e. The molecule has 5 heteroatoms. The Morgan fingerprint density at radius 1 is 1.45 bits per heavy atom. The van der Waals surface area contributed by atoms with Gasteiger partial charge < -0.3 is 10.6 Å². The van der Waals surface area contributed by atoms with Crippen molar-refractivity contribution in [2.75, 3.05) is 13.1 Å². The van der Waals surface area contributed by atoms with Gasteiger partial charge in [-0.05, 0) is 43.4 Å². The van der Waals surface area contributed by atoms with Crippen molar-refractivity contribution in [3.05, 3.63) is 35.6 Å². The number of nitrogens with two attached hydrogens (primary N) is 1. The fourth-order valence-corrected chi connectivity index (χ4v) is 2.55. The molecule has 0 aliphatic carbocycles. The topological polar surface area (TPSA) is 46.3 Å². The number of rotatable bonds is 3. The van der Waals surface area contributed by atoms with E-state index in [9.17, 15) is 9.18 Å². The van der Waals surface area contributed by atoms with Crippen molar-refractivity contribution in [3.8, 4) is 0 Å². The lowest BCUT2D eigenvalue weighted by molar-refractivity contribution is -0.132. The number of carbonyl (C=O) groups is 1. The molecule has 2 rings (SSSR count). The number of hydrogen-bond donors (Lipinski definition) is 1. The van der Waals surface area contributed by atoms with Gasteiger partial charge in [0, 0.05) is 19.1 Å². The number of likely N-dealkylation sites (tertiary alicyclic amines) is 1. The van der Waals surface area contributed by atoms with Crippen LogP contribution in [0.2, 0.25) is 0 Å². The predicted molar refractivity (Wildman–Crippen MR) is 80.3 cm³/mol. The van der Waals surface area contributed by atoms with E-state index in [0.29, 0.717) is 12.3 Å². The summed E-state index contributed by atoms with van der Waals surface area (Å²) in [6.07, 6.45) is 2.45. The molecule has 1 fully saturated rings. The number of halogens is 2. The molecule has 20 heavy (non-hydrogen) atoms. The molecule has 0 saturated carbocycles. The monoisotopic (exact) mass is 300 g/mol. The molecule has 0 radical (unpaired) electrons. The summed E-state index contributed by atoms with van der Waals surface area (Å²) in [7, 11) is 0. The lowest BCUT2D eigenvalue weighted by Crippen LogP contribution is -2.45. The molecule has 0 bridgehead atoms. The summed E-state index contributed by atoms with van der Waals surface area (Å²) in [6.45, 7) is 3.56. The second kappa shape index (κ2) is 7.60. The third-order valence-electron chi connectivity index (χ3n) is 3.82. The smallest absolute Gasteiger partial charge is 0.226 e. The Bertz CT molecular complexity index is 436. The lowest BCUT2D eigenvalue weighted by atomic mass is 9.92. The first-order valence-electron chi connectivity index (χ1n) is 6.84. The molecule has 2 N–H and O–H groups in total. The summed E-state index contributed by atoms with van der Waals surface area (Å²) in [5.74, 6) is 0.231. The Balaban J connectivity index is 0.00000200. The standard InChI is InChI=1S/C15H21FN2O.ClH/c1-11(17)13-3-2-8-18(10-13)15(19)9-12-4-6-14(16)7-5-12;/h4-7,11,13H,2-3,8-10,17H2,1H3;1H. The minimum absolute atomic E-state index is 0. The Morgan fingerprint density at radius 2 is 2.10 bits per heavy atom. The molecule has 1 saturated heterocycles. The molecule has 1 aromatic carbocycles. The van der Waals surface area contributed by atoms with E-state index in [-0.39, 0.29) is 30.2 Å². The lowest BCUT2D eigenvalue weighted by Gasteiger charge is -2.34. The molecule has 1 aliphatic rings. The van der Waals surface area contributed by atoms with Crippen molar-refractivity contribution in [2.45, 2.75) is 32.2 Å². The maximum absolute atomic E-state index is 12.8. The van der Waals surface area contributed by atoms with Gasteiger partial charge in [0.1, 0.15) is 5.82 Å². The highest BCUT2D eigenvalue weighted by Gasteiger charge is 2.25. The van der Waals surface area contributed by atoms with Crippen LogP contribution in [0.5, 0.6) is 0 Å². The van der Waals surface area contributed by atoms with Gasteiger partial charge in [-0.15, -0.1) is 12.4 Å². The largest absolute Gasteiger partial charge is 0.342 e. The van der Waals surface area contributed by atoms with Crippen LogP contribution in [0, 0.1) is 11.7 Å². The average Bonchev–Trinajstić information content (AvgIpc) is 2.41. The van der Waals surface area contributed by atoms with Crippen LogP contribution in [0.15, 0.2) is 24.3 Å². The van der Waals surface area contributed by atoms with Gasteiger partial charge in [0.25, 0.3) is 0 Å². The van der Waals surface area contributed by atoms with Crippen LogP contribution >= 0.6 is 12.4 Å². The van der Waals surface area contributed by atoms with Crippen LogP contribution in [-0.2, 0) is 11.2 Å². The maximum atomic E-state index is 12.8. The highest BCUT2D eigenvalue weighted by molar-refractivity contribution is 5.85. The van der Waals surface area contributed by atoms with Gasteiger partial charge >= 0.3 is 0 Å². The van der Waals surface area contributed by atoms with Crippen LogP contribution < -0.4 is 5.73 Å². The molecule has 0 spiro atoms. The van der Waals surface area contributed by atoms with Crippen LogP contribution in [-0.4, -0.2) is 29.9 Å². The van der Waals surface area contributed by atoms with E-state index in [2.05, 4.69) is 0 Å². The molecule has 1 aromatic rings. The van der Waals surface area contributed by atoms with E-state index >= 15 is 0 Å². The molecule has 112 valence electrons. The van der Waals surface area contributed by atoms with Crippen molar-refractivity contribution in [1.29, 1.82) is 0 Å². The van der Waals surface area contributed by atoms with Crippen molar-refractivity contribution in [2.24, 2.45) is 11.7 Å². The fraction of sp³-hybridized carbons (Fsp3) is 0.533. The third kappa shape index (κ3) is 4.46. The first-order valence-corrected chi connectivity index (χ1v) is 6.84.